The van der Waals surface area contributed by atoms with Crippen LogP contribution in [0.2, 0.25) is 0 Å². The predicted molar refractivity (Wildman–Crippen MR) is 143 cm³/mol. The van der Waals surface area contributed by atoms with Crippen LogP contribution in [0.25, 0.3) is 0 Å². The van der Waals surface area contributed by atoms with Crippen molar-refractivity contribution in [2.75, 3.05) is 52.5 Å². The van der Waals surface area contributed by atoms with Gasteiger partial charge in [-0.1, -0.05) is 6.07 Å². The molecule has 0 bridgehead atoms. The lowest BCUT2D eigenvalue weighted by molar-refractivity contribution is -0.384. The SMILES string of the molecule is COCCN(CCOC)c1ccc(N=Nc2cc(OC)c(N=Nc3ccc(C)cc3[N+](=O)[O-])cc2O)cc1. The molecular formula is C26H30N6O6. The number of nitrogens with zero attached hydrogens (tertiary/aromatic N) is 6. The first-order chi connectivity index (χ1) is 18.4. The molecule has 3 aromatic rings. The van der Waals surface area contributed by atoms with Crippen molar-refractivity contribution in [3.8, 4) is 11.5 Å². The zero-order valence-corrected chi connectivity index (χ0v) is 21.7. The first kappa shape index (κ1) is 28.2. The molecule has 0 fully saturated rings. The van der Waals surface area contributed by atoms with Crippen LogP contribution in [0.3, 0.4) is 0 Å². The van der Waals surface area contributed by atoms with Gasteiger partial charge in [-0.3, -0.25) is 10.1 Å². The van der Waals surface area contributed by atoms with E-state index in [0.29, 0.717) is 18.9 Å². The highest BCUT2D eigenvalue weighted by Gasteiger charge is 2.15. The Balaban J connectivity index is 1.80. The molecule has 0 aliphatic carbocycles. The van der Waals surface area contributed by atoms with Gasteiger partial charge in [-0.15, -0.1) is 15.3 Å². The van der Waals surface area contributed by atoms with Gasteiger partial charge in [0.1, 0.15) is 22.9 Å². The molecule has 0 amide bonds. The van der Waals surface area contributed by atoms with Gasteiger partial charge >= 0.3 is 0 Å². The second kappa shape index (κ2) is 13.8. The number of benzene rings is 3. The number of hydrogen-bond acceptors (Lipinski definition) is 11. The molecule has 0 atom stereocenters. The van der Waals surface area contributed by atoms with Gasteiger partial charge < -0.3 is 24.2 Å². The number of anilines is 1. The standard InChI is InChI=1S/C26H30N6O6/c1-18-5-10-21(24(15-18)32(34)35)28-30-23-16-25(33)22(17-26(23)38-4)29-27-19-6-8-20(9-7-19)31(11-13-36-2)12-14-37-3/h5-10,15-17,33H,11-14H2,1-4H3. The Kier molecular flexibility index (Phi) is 10.2. The van der Waals surface area contributed by atoms with Gasteiger partial charge in [0.05, 0.1) is 30.9 Å². The first-order valence-corrected chi connectivity index (χ1v) is 11.7. The molecule has 1 N–H and O–H groups in total. The number of ether oxygens (including phenoxy) is 3. The lowest BCUT2D eigenvalue weighted by atomic mass is 10.2. The summed E-state index contributed by atoms with van der Waals surface area (Å²) in [7, 11) is 4.75. The number of aryl methyl sites for hydroxylation is 1. The molecule has 38 heavy (non-hydrogen) atoms. The maximum Gasteiger partial charge on any atom is 0.296 e. The van der Waals surface area contributed by atoms with E-state index in [0.717, 1.165) is 24.3 Å². The minimum atomic E-state index is -0.525. The van der Waals surface area contributed by atoms with E-state index in [1.165, 1.54) is 31.4 Å². The number of phenolic OH excluding ortho intramolecular Hbond substituents is 1. The number of hydrogen-bond donors (Lipinski definition) is 1. The number of nitro groups is 1. The van der Waals surface area contributed by atoms with Gasteiger partial charge in [0.15, 0.2) is 5.69 Å². The van der Waals surface area contributed by atoms with E-state index in [1.54, 1.807) is 27.2 Å². The minimum absolute atomic E-state index is 0.0809. The smallest absolute Gasteiger partial charge is 0.296 e. The van der Waals surface area contributed by atoms with Crippen molar-refractivity contribution in [3.63, 3.8) is 0 Å². The lowest BCUT2D eigenvalue weighted by Crippen LogP contribution is -2.30. The van der Waals surface area contributed by atoms with E-state index in [1.807, 2.05) is 24.3 Å². The molecule has 0 unspecified atom stereocenters. The van der Waals surface area contributed by atoms with Crippen LogP contribution >= 0.6 is 0 Å². The van der Waals surface area contributed by atoms with E-state index < -0.39 is 4.92 Å². The summed E-state index contributed by atoms with van der Waals surface area (Å²) in [5.74, 6) is 0.0568. The molecular weight excluding hydrogens is 492 g/mol. The van der Waals surface area contributed by atoms with Crippen LogP contribution in [0.4, 0.5) is 34.1 Å². The summed E-state index contributed by atoms with van der Waals surface area (Å²) >= 11 is 0. The van der Waals surface area contributed by atoms with Crippen molar-refractivity contribution in [2.24, 2.45) is 20.5 Å². The lowest BCUT2D eigenvalue weighted by Gasteiger charge is -2.24. The topological polar surface area (TPSA) is 144 Å². The number of rotatable bonds is 13. The van der Waals surface area contributed by atoms with Crippen molar-refractivity contribution in [3.05, 3.63) is 70.3 Å². The molecule has 12 heteroatoms. The van der Waals surface area contributed by atoms with Crippen LogP contribution in [-0.4, -0.2) is 57.7 Å². The summed E-state index contributed by atoms with van der Waals surface area (Å²) in [4.78, 5) is 13.0. The third-order valence-electron chi connectivity index (χ3n) is 5.49. The van der Waals surface area contributed by atoms with Gasteiger partial charge in [0.25, 0.3) is 5.69 Å². The summed E-state index contributed by atoms with van der Waals surface area (Å²) in [6.07, 6.45) is 0. The van der Waals surface area contributed by atoms with Crippen LogP contribution < -0.4 is 9.64 Å². The molecule has 0 spiro atoms. The number of methoxy groups -OCH3 is 3. The fraction of sp³-hybridized carbons (Fsp3) is 0.308. The van der Waals surface area contributed by atoms with Crippen molar-refractivity contribution in [1.29, 1.82) is 0 Å². The van der Waals surface area contributed by atoms with Gasteiger partial charge in [-0.05, 0) is 42.8 Å². The Morgan fingerprint density at radius 3 is 2.08 bits per heavy atom. The van der Waals surface area contributed by atoms with Gasteiger partial charge in [0, 0.05) is 51.2 Å². The Morgan fingerprint density at radius 2 is 1.47 bits per heavy atom. The molecule has 3 aromatic carbocycles. The van der Waals surface area contributed by atoms with E-state index in [4.69, 9.17) is 14.2 Å². The minimum Gasteiger partial charge on any atom is -0.506 e. The molecule has 0 saturated carbocycles. The number of azo groups is 2. The second-order valence-corrected chi connectivity index (χ2v) is 8.15. The first-order valence-electron chi connectivity index (χ1n) is 11.7. The van der Waals surface area contributed by atoms with Crippen LogP contribution in [0.5, 0.6) is 11.5 Å². The van der Waals surface area contributed by atoms with E-state index >= 15 is 0 Å². The van der Waals surface area contributed by atoms with E-state index in [2.05, 4.69) is 25.4 Å². The molecule has 0 heterocycles. The van der Waals surface area contributed by atoms with E-state index in [9.17, 15) is 15.2 Å². The molecule has 0 aromatic heterocycles. The third kappa shape index (κ3) is 7.54. The van der Waals surface area contributed by atoms with E-state index in [-0.39, 0.29) is 34.2 Å². The maximum atomic E-state index is 11.3. The summed E-state index contributed by atoms with van der Waals surface area (Å²) < 4.78 is 15.7. The summed E-state index contributed by atoms with van der Waals surface area (Å²) in [6.45, 7) is 4.36. The summed E-state index contributed by atoms with van der Waals surface area (Å²) in [6, 6.07) is 14.9. The highest BCUT2D eigenvalue weighted by atomic mass is 16.6. The molecule has 0 aliphatic heterocycles. The third-order valence-corrected chi connectivity index (χ3v) is 5.49. The fourth-order valence-corrected chi connectivity index (χ4v) is 3.46. The zero-order valence-electron chi connectivity index (χ0n) is 21.7. The summed E-state index contributed by atoms with van der Waals surface area (Å²) in [5, 5.41) is 38.2. The van der Waals surface area contributed by atoms with Gasteiger partial charge in [0.2, 0.25) is 0 Å². The highest BCUT2D eigenvalue weighted by molar-refractivity contribution is 5.66. The molecule has 12 nitrogen and oxygen atoms in total. The normalized spacial score (nSPS) is 11.4. The van der Waals surface area contributed by atoms with Crippen molar-refractivity contribution in [1.82, 2.24) is 0 Å². The van der Waals surface area contributed by atoms with Crippen molar-refractivity contribution >= 4 is 34.1 Å². The number of nitro benzene ring substituents is 1. The maximum absolute atomic E-state index is 11.3. The van der Waals surface area contributed by atoms with Crippen LogP contribution in [0.1, 0.15) is 5.56 Å². The second-order valence-electron chi connectivity index (χ2n) is 8.15. The van der Waals surface area contributed by atoms with Crippen molar-refractivity contribution < 1.29 is 24.2 Å². The molecule has 200 valence electrons. The monoisotopic (exact) mass is 522 g/mol. The van der Waals surface area contributed by atoms with Crippen molar-refractivity contribution in [2.45, 2.75) is 6.92 Å². The Bertz CT molecular complexity index is 1290. The number of phenols is 1. The highest BCUT2D eigenvalue weighted by Crippen LogP contribution is 2.41. The predicted octanol–water partition coefficient (Wildman–Crippen LogP) is 6.55. The average Bonchev–Trinajstić information content (AvgIpc) is 2.92. The average molecular weight is 523 g/mol. The van der Waals surface area contributed by atoms with Crippen LogP contribution in [-0.2, 0) is 9.47 Å². The Labute approximate surface area is 220 Å². The van der Waals surface area contributed by atoms with Gasteiger partial charge in [-0.2, -0.15) is 5.11 Å². The Morgan fingerprint density at radius 1 is 0.842 bits per heavy atom. The quantitative estimate of drug-likeness (QED) is 0.152. The van der Waals surface area contributed by atoms with Gasteiger partial charge in [-0.25, -0.2) is 0 Å². The molecule has 0 aliphatic rings. The molecule has 0 radical (unpaired) electrons. The fourth-order valence-electron chi connectivity index (χ4n) is 3.46. The number of aromatic hydroxyl groups is 1. The molecule has 3 rings (SSSR count). The largest absolute Gasteiger partial charge is 0.506 e. The Hall–Kier alpha value is -4.42. The van der Waals surface area contributed by atoms with Crippen LogP contribution in [0, 0.1) is 17.0 Å². The summed E-state index contributed by atoms with van der Waals surface area (Å²) in [5.41, 5.74) is 2.55. The van der Waals surface area contributed by atoms with Crippen LogP contribution in [0.15, 0.2) is 75.1 Å². The molecule has 0 saturated heterocycles. The zero-order chi connectivity index (χ0) is 27.5.